The number of aromatic nitrogens is 2. The van der Waals surface area contributed by atoms with E-state index in [1.54, 1.807) is 30.3 Å². The second-order valence-electron chi connectivity index (χ2n) is 6.32. The van der Waals surface area contributed by atoms with Gasteiger partial charge in [-0.2, -0.15) is 0 Å². The molecule has 0 saturated carbocycles. The molecule has 0 radical (unpaired) electrons. The van der Waals surface area contributed by atoms with Crippen molar-refractivity contribution in [2.45, 2.75) is 5.75 Å². The molecule has 3 rings (SSSR count). The summed E-state index contributed by atoms with van der Waals surface area (Å²) in [5.41, 5.74) is 6.74. The van der Waals surface area contributed by atoms with Gasteiger partial charge in [0.25, 0.3) is 0 Å². The SMILES string of the molecule is CS(=O)(=O)Cc1cc(N)nc(-c2ccc(NC(=O)Nc3ccccc3)c(F)c2)n1. The van der Waals surface area contributed by atoms with Gasteiger partial charge in [-0.15, -0.1) is 0 Å². The first-order valence-corrected chi connectivity index (χ1v) is 10.5. The topological polar surface area (TPSA) is 127 Å². The quantitative estimate of drug-likeness (QED) is 0.588. The van der Waals surface area contributed by atoms with Crippen molar-refractivity contribution in [1.29, 1.82) is 0 Å². The molecule has 10 heteroatoms. The lowest BCUT2D eigenvalue weighted by Gasteiger charge is -2.10. The van der Waals surface area contributed by atoms with Gasteiger partial charge in [0.15, 0.2) is 15.7 Å². The molecule has 1 aromatic heterocycles. The minimum atomic E-state index is -3.32. The normalized spacial score (nSPS) is 11.1. The zero-order chi connectivity index (χ0) is 21.0. The van der Waals surface area contributed by atoms with Gasteiger partial charge in [-0.25, -0.2) is 27.6 Å². The predicted octanol–water partition coefficient (Wildman–Crippen LogP) is 3.05. The molecule has 0 aliphatic heterocycles. The number of nitrogens with zero attached hydrogens (tertiary/aromatic N) is 2. The number of hydrogen-bond donors (Lipinski definition) is 3. The van der Waals surface area contributed by atoms with E-state index in [9.17, 15) is 17.6 Å². The van der Waals surface area contributed by atoms with Gasteiger partial charge in [-0.05, 0) is 30.3 Å². The molecule has 0 aliphatic carbocycles. The molecule has 0 unspecified atom stereocenters. The number of carbonyl (C=O) groups excluding carboxylic acids is 1. The van der Waals surface area contributed by atoms with Crippen molar-refractivity contribution in [3.63, 3.8) is 0 Å². The Hall–Kier alpha value is -3.53. The lowest BCUT2D eigenvalue weighted by Crippen LogP contribution is -2.20. The Morgan fingerprint density at radius 1 is 1.07 bits per heavy atom. The fraction of sp³-hybridized carbons (Fsp3) is 0.105. The second kappa shape index (κ2) is 8.23. The Morgan fingerprint density at radius 2 is 1.79 bits per heavy atom. The molecule has 2 amide bonds. The van der Waals surface area contributed by atoms with Gasteiger partial charge in [0.2, 0.25) is 0 Å². The Labute approximate surface area is 166 Å². The Bertz CT molecular complexity index is 1150. The second-order valence-corrected chi connectivity index (χ2v) is 8.46. The summed E-state index contributed by atoms with van der Waals surface area (Å²) in [7, 11) is -3.32. The van der Waals surface area contributed by atoms with Gasteiger partial charge in [0.05, 0.1) is 17.1 Å². The number of hydrogen-bond acceptors (Lipinski definition) is 6. The highest BCUT2D eigenvalue weighted by Gasteiger charge is 2.13. The van der Waals surface area contributed by atoms with Crippen molar-refractivity contribution in [2.75, 3.05) is 22.6 Å². The van der Waals surface area contributed by atoms with E-state index in [0.717, 1.165) is 12.3 Å². The average molecular weight is 415 g/mol. The number of urea groups is 1. The van der Waals surface area contributed by atoms with Gasteiger partial charge < -0.3 is 16.4 Å². The monoisotopic (exact) mass is 415 g/mol. The van der Waals surface area contributed by atoms with Crippen molar-refractivity contribution in [3.8, 4) is 11.4 Å². The smallest absolute Gasteiger partial charge is 0.323 e. The van der Waals surface area contributed by atoms with Crippen LogP contribution in [0.4, 0.5) is 26.4 Å². The maximum atomic E-state index is 14.5. The molecule has 150 valence electrons. The highest BCUT2D eigenvalue weighted by molar-refractivity contribution is 7.89. The lowest BCUT2D eigenvalue weighted by molar-refractivity contribution is 0.262. The molecule has 29 heavy (non-hydrogen) atoms. The maximum absolute atomic E-state index is 14.5. The fourth-order valence-corrected chi connectivity index (χ4v) is 3.24. The van der Waals surface area contributed by atoms with E-state index in [-0.39, 0.29) is 28.8 Å². The van der Waals surface area contributed by atoms with Crippen LogP contribution in [0.2, 0.25) is 0 Å². The van der Waals surface area contributed by atoms with Crippen LogP contribution in [-0.4, -0.2) is 30.7 Å². The third-order valence-electron chi connectivity index (χ3n) is 3.72. The van der Waals surface area contributed by atoms with Gasteiger partial charge in [0, 0.05) is 23.6 Å². The molecule has 8 nitrogen and oxygen atoms in total. The summed E-state index contributed by atoms with van der Waals surface area (Å²) >= 11 is 0. The Balaban J connectivity index is 1.80. The van der Waals surface area contributed by atoms with Crippen LogP contribution in [0.15, 0.2) is 54.6 Å². The largest absolute Gasteiger partial charge is 0.384 e. The number of para-hydroxylation sites is 1. The Morgan fingerprint density at radius 3 is 2.45 bits per heavy atom. The standard InChI is InChI=1S/C19H18FN5O3S/c1-29(27,28)11-14-10-17(21)25-18(22-14)12-7-8-16(15(20)9-12)24-19(26)23-13-5-3-2-4-6-13/h2-10H,11H2,1H3,(H2,21,22,25)(H2,23,24,26). The molecular formula is C19H18FN5O3S. The number of sulfone groups is 1. The summed E-state index contributed by atoms with van der Waals surface area (Å²) in [4.78, 5) is 20.2. The van der Waals surface area contributed by atoms with Crippen LogP contribution in [-0.2, 0) is 15.6 Å². The Kier molecular flexibility index (Phi) is 5.74. The fourth-order valence-electron chi connectivity index (χ4n) is 2.55. The molecule has 0 fully saturated rings. The molecule has 0 bridgehead atoms. The number of nitrogens with two attached hydrogens (primary N) is 1. The minimum Gasteiger partial charge on any atom is -0.384 e. The van der Waals surface area contributed by atoms with Gasteiger partial charge >= 0.3 is 6.03 Å². The molecule has 4 N–H and O–H groups in total. The molecule has 2 aromatic carbocycles. The van der Waals surface area contributed by atoms with Crippen LogP contribution in [0, 0.1) is 5.82 Å². The van der Waals surface area contributed by atoms with Gasteiger partial charge in [-0.1, -0.05) is 18.2 Å². The van der Waals surface area contributed by atoms with Crippen molar-refractivity contribution in [3.05, 3.63) is 66.1 Å². The number of halogens is 1. The van der Waals surface area contributed by atoms with Crippen LogP contribution >= 0.6 is 0 Å². The summed E-state index contributed by atoms with van der Waals surface area (Å²) < 4.78 is 37.5. The third kappa shape index (κ3) is 5.72. The van der Waals surface area contributed by atoms with Gasteiger partial charge in [-0.3, -0.25) is 0 Å². The van der Waals surface area contributed by atoms with Crippen molar-refractivity contribution in [2.24, 2.45) is 0 Å². The number of nitrogen functional groups attached to an aromatic ring is 1. The van der Waals surface area contributed by atoms with Crippen molar-refractivity contribution < 1.29 is 17.6 Å². The van der Waals surface area contributed by atoms with E-state index in [2.05, 4.69) is 20.6 Å². The molecule has 0 atom stereocenters. The first-order valence-electron chi connectivity index (χ1n) is 8.44. The van der Waals surface area contributed by atoms with E-state index in [1.807, 2.05) is 0 Å². The van der Waals surface area contributed by atoms with Crippen molar-refractivity contribution >= 4 is 33.1 Å². The van der Waals surface area contributed by atoms with E-state index in [0.29, 0.717) is 11.3 Å². The summed E-state index contributed by atoms with van der Waals surface area (Å²) in [5.74, 6) is -0.864. The summed E-state index contributed by atoms with van der Waals surface area (Å²) in [5, 5.41) is 5.01. The van der Waals surface area contributed by atoms with E-state index in [1.165, 1.54) is 18.2 Å². The number of rotatable bonds is 5. The minimum absolute atomic E-state index is 0.0394. The highest BCUT2D eigenvalue weighted by Crippen LogP contribution is 2.23. The maximum Gasteiger partial charge on any atom is 0.323 e. The van der Waals surface area contributed by atoms with Crippen LogP contribution in [0.25, 0.3) is 11.4 Å². The average Bonchev–Trinajstić information content (AvgIpc) is 2.62. The number of anilines is 3. The molecule has 0 spiro atoms. The summed E-state index contributed by atoms with van der Waals surface area (Å²) in [6, 6.07) is 13.5. The van der Waals surface area contributed by atoms with E-state index >= 15 is 0 Å². The van der Waals surface area contributed by atoms with Crippen LogP contribution in [0.1, 0.15) is 5.69 Å². The number of benzene rings is 2. The zero-order valence-electron chi connectivity index (χ0n) is 15.4. The predicted molar refractivity (Wildman–Crippen MR) is 109 cm³/mol. The molecule has 0 aliphatic rings. The highest BCUT2D eigenvalue weighted by atomic mass is 32.2. The van der Waals surface area contributed by atoms with Crippen molar-refractivity contribution in [1.82, 2.24) is 9.97 Å². The number of amides is 2. The van der Waals surface area contributed by atoms with Crippen LogP contribution in [0.3, 0.4) is 0 Å². The van der Waals surface area contributed by atoms with E-state index < -0.39 is 21.7 Å². The first kappa shape index (κ1) is 20.2. The number of carbonyl (C=O) groups is 1. The summed E-state index contributed by atoms with van der Waals surface area (Å²) in [6.07, 6.45) is 1.07. The summed E-state index contributed by atoms with van der Waals surface area (Å²) in [6.45, 7) is 0. The molecular weight excluding hydrogens is 397 g/mol. The number of nitrogens with one attached hydrogen (secondary N) is 2. The van der Waals surface area contributed by atoms with Crippen LogP contribution < -0.4 is 16.4 Å². The molecule has 0 saturated heterocycles. The van der Waals surface area contributed by atoms with E-state index in [4.69, 9.17) is 5.73 Å². The molecule has 1 heterocycles. The lowest BCUT2D eigenvalue weighted by atomic mass is 10.1. The third-order valence-corrected chi connectivity index (χ3v) is 4.54. The zero-order valence-corrected chi connectivity index (χ0v) is 16.2. The van der Waals surface area contributed by atoms with Crippen LogP contribution in [0.5, 0.6) is 0 Å². The van der Waals surface area contributed by atoms with Gasteiger partial charge in [0.1, 0.15) is 11.6 Å². The molecule has 3 aromatic rings. The first-order chi connectivity index (χ1) is 13.7.